The van der Waals surface area contributed by atoms with Crippen LogP contribution in [0.2, 0.25) is 19.6 Å². The number of ether oxygens (including phenoxy) is 1. The van der Waals surface area contributed by atoms with Crippen molar-refractivity contribution in [1.29, 1.82) is 0 Å². The van der Waals surface area contributed by atoms with Crippen LogP contribution in [0.15, 0.2) is 24.3 Å². The van der Waals surface area contributed by atoms with Gasteiger partial charge in [0.05, 0.1) is 20.3 Å². The molecule has 0 aromatic heterocycles. The van der Waals surface area contributed by atoms with Gasteiger partial charge in [0, 0.05) is 18.2 Å². The number of rotatable bonds is 3. The van der Waals surface area contributed by atoms with Crippen LogP contribution in [-0.4, -0.2) is 32.8 Å². The van der Waals surface area contributed by atoms with Crippen LogP contribution in [0.5, 0.6) is 5.75 Å². The van der Waals surface area contributed by atoms with Gasteiger partial charge >= 0.3 is 0 Å². The maximum absolute atomic E-state index is 14.6. The summed E-state index contributed by atoms with van der Waals surface area (Å²) in [5.41, 5.74) is 0.896. The fraction of sp³-hybridized carbons (Fsp3) is 0.600. The first-order valence-corrected chi connectivity index (χ1v) is 10.5. The molecule has 5 heteroatoms. The van der Waals surface area contributed by atoms with E-state index in [1.165, 1.54) is 0 Å². The average Bonchev–Trinajstić information content (AvgIpc) is 2.91. The van der Waals surface area contributed by atoms with Crippen LogP contribution in [-0.2, 0) is 0 Å². The average molecular weight is 297 g/mol. The summed E-state index contributed by atoms with van der Waals surface area (Å²) in [4.78, 5) is 1.98. The lowest BCUT2D eigenvalue weighted by molar-refractivity contribution is -0.134. The second-order valence-electron chi connectivity index (χ2n) is 6.94. The van der Waals surface area contributed by atoms with Gasteiger partial charge < -0.3 is 9.64 Å². The van der Waals surface area contributed by atoms with Crippen LogP contribution in [0.3, 0.4) is 0 Å². The van der Waals surface area contributed by atoms with Crippen molar-refractivity contribution in [2.75, 3.05) is 18.6 Å². The number of hydrogen-bond acceptors (Lipinski definition) is 2. The molecule has 3 fully saturated rings. The van der Waals surface area contributed by atoms with Crippen LogP contribution in [0.4, 0.5) is 14.5 Å². The van der Waals surface area contributed by atoms with Gasteiger partial charge in [0.15, 0.2) is 0 Å². The summed E-state index contributed by atoms with van der Waals surface area (Å²) in [7, 11) is -0.430. The topological polar surface area (TPSA) is 12.5 Å². The Kier molecular flexibility index (Phi) is 2.75. The molecule has 2 heterocycles. The SMILES string of the molecule is COc1ccc(N2CC3CC2([Si](C)(C)C)C3(F)F)cc1. The van der Waals surface area contributed by atoms with Crippen molar-refractivity contribution >= 4 is 13.8 Å². The Labute approximate surface area is 119 Å². The van der Waals surface area contributed by atoms with Gasteiger partial charge in [-0.15, -0.1) is 0 Å². The minimum Gasteiger partial charge on any atom is -0.497 e. The van der Waals surface area contributed by atoms with Gasteiger partial charge in [-0.1, -0.05) is 19.6 Å². The summed E-state index contributed by atoms with van der Waals surface area (Å²) in [6.45, 7) is 6.64. The highest BCUT2D eigenvalue weighted by atomic mass is 28.3. The number of methoxy groups -OCH3 is 1. The molecule has 2 atom stereocenters. The zero-order valence-electron chi connectivity index (χ0n) is 12.4. The van der Waals surface area contributed by atoms with E-state index in [9.17, 15) is 8.78 Å². The van der Waals surface area contributed by atoms with Crippen molar-refractivity contribution in [1.82, 2.24) is 0 Å². The molecule has 20 heavy (non-hydrogen) atoms. The first-order valence-electron chi connectivity index (χ1n) is 7.03. The molecular formula is C15H21F2NOSi. The predicted molar refractivity (Wildman–Crippen MR) is 79.5 cm³/mol. The van der Waals surface area contributed by atoms with Crippen molar-refractivity contribution in [2.45, 2.75) is 37.1 Å². The number of alkyl halides is 2. The first kappa shape index (κ1) is 13.9. The van der Waals surface area contributed by atoms with E-state index in [2.05, 4.69) is 19.6 Å². The quantitative estimate of drug-likeness (QED) is 0.787. The summed E-state index contributed by atoms with van der Waals surface area (Å²) >= 11 is 0. The Balaban J connectivity index is 2.02. The smallest absolute Gasteiger partial charge is 0.272 e. The largest absolute Gasteiger partial charge is 0.497 e. The fourth-order valence-corrected chi connectivity index (χ4v) is 7.06. The second kappa shape index (κ2) is 3.97. The molecule has 1 aromatic rings. The molecule has 1 aromatic carbocycles. The molecule has 2 aliphatic heterocycles. The lowest BCUT2D eigenvalue weighted by Crippen LogP contribution is -2.74. The number of anilines is 1. The van der Waals surface area contributed by atoms with Gasteiger partial charge in [-0.2, -0.15) is 0 Å². The van der Waals surface area contributed by atoms with Crippen molar-refractivity contribution < 1.29 is 13.5 Å². The summed E-state index contributed by atoms with van der Waals surface area (Å²) in [5.74, 6) is -2.26. The highest BCUT2D eigenvalue weighted by Gasteiger charge is 2.80. The molecule has 0 spiro atoms. The van der Waals surface area contributed by atoms with Gasteiger partial charge in [0.2, 0.25) is 0 Å². The van der Waals surface area contributed by atoms with Crippen LogP contribution >= 0.6 is 0 Å². The minimum atomic E-state index is -2.54. The standard InChI is InChI=1S/C15H21F2NOSi/c1-19-13-7-5-12(6-8-13)18-10-11-9-14(18,15(11,16)17)20(2,3)4/h5-8,11H,9-10H2,1-4H3. The molecule has 3 aliphatic rings. The molecule has 2 saturated heterocycles. The zero-order valence-corrected chi connectivity index (χ0v) is 13.4. The number of nitrogens with zero attached hydrogens (tertiary/aromatic N) is 1. The van der Waals surface area contributed by atoms with E-state index in [-0.39, 0.29) is 0 Å². The van der Waals surface area contributed by atoms with Crippen molar-refractivity contribution in [2.24, 2.45) is 5.92 Å². The molecule has 1 aliphatic carbocycles. The molecular weight excluding hydrogens is 276 g/mol. The Morgan fingerprint density at radius 2 is 1.80 bits per heavy atom. The monoisotopic (exact) mass is 297 g/mol. The van der Waals surface area contributed by atoms with E-state index < -0.39 is 25.1 Å². The molecule has 0 amide bonds. The van der Waals surface area contributed by atoms with Gasteiger partial charge in [-0.3, -0.25) is 0 Å². The highest BCUT2D eigenvalue weighted by Crippen LogP contribution is 2.65. The summed E-state index contributed by atoms with van der Waals surface area (Å²) in [6, 6.07) is 7.50. The maximum Gasteiger partial charge on any atom is 0.272 e. The Morgan fingerprint density at radius 1 is 1.20 bits per heavy atom. The van der Waals surface area contributed by atoms with Gasteiger partial charge in [0.25, 0.3) is 5.92 Å². The lowest BCUT2D eigenvalue weighted by Gasteiger charge is -2.56. The molecule has 0 N–H and O–H groups in total. The third kappa shape index (κ3) is 1.47. The van der Waals surface area contributed by atoms with Gasteiger partial charge in [-0.05, 0) is 30.7 Å². The molecule has 4 rings (SSSR count). The molecule has 2 nitrogen and oxygen atoms in total. The van der Waals surface area contributed by atoms with Crippen molar-refractivity contribution in [3.63, 3.8) is 0 Å². The number of halogens is 2. The molecule has 110 valence electrons. The molecule has 0 radical (unpaired) electrons. The predicted octanol–water partition coefficient (Wildman–Crippen LogP) is 3.79. The van der Waals surface area contributed by atoms with Gasteiger partial charge in [-0.25, -0.2) is 8.78 Å². The Morgan fingerprint density at radius 3 is 2.25 bits per heavy atom. The molecule has 1 saturated carbocycles. The maximum atomic E-state index is 14.6. The van der Waals surface area contributed by atoms with Crippen molar-refractivity contribution in [3.05, 3.63) is 24.3 Å². The summed E-state index contributed by atoms with van der Waals surface area (Å²) in [5, 5.41) is -0.917. The Hall–Kier alpha value is -1.10. The fourth-order valence-electron chi connectivity index (χ4n) is 3.97. The lowest BCUT2D eigenvalue weighted by atomic mass is 9.80. The molecule has 2 bridgehead atoms. The van der Waals surface area contributed by atoms with Crippen molar-refractivity contribution in [3.8, 4) is 5.75 Å². The third-order valence-electron chi connectivity index (χ3n) is 5.09. The van der Waals surface area contributed by atoms with E-state index in [1.807, 2.05) is 29.2 Å². The van der Waals surface area contributed by atoms with E-state index >= 15 is 0 Å². The summed E-state index contributed by atoms with van der Waals surface area (Å²) in [6.07, 6.45) is 0.641. The van der Waals surface area contributed by atoms with Crippen LogP contribution < -0.4 is 9.64 Å². The zero-order chi connectivity index (χ0) is 14.8. The van der Waals surface area contributed by atoms with Crippen LogP contribution in [0.25, 0.3) is 0 Å². The third-order valence-corrected chi connectivity index (χ3v) is 8.38. The highest BCUT2D eigenvalue weighted by molar-refractivity contribution is 6.80. The van der Waals surface area contributed by atoms with E-state index in [4.69, 9.17) is 4.74 Å². The van der Waals surface area contributed by atoms with E-state index in [0.717, 1.165) is 11.4 Å². The van der Waals surface area contributed by atoms with Crippen LogP contribution in [0, 0.1) is 5.92 Å². The summed E-state index contributed by atoms with van der Waals surface area (Å²) < 4.78 is 34.3. The normalized spacial score (nSPS) is 31.1. The number of hydrogen-bond donors (Lipinski definition) is 0. The molecule has 2 unspecified atom stereocenters. The number of fused-ring (bicyclic) bond motifs is 1. The van der Waals surface area contributed by atoms with E-state index in [0.29, 0.717) is 13.0 Å². The van der Waals surface area contributed by atoms with Crippen LogP contribution in [0.1, 0.15) is 6.42 Å². The number of benzene rings is 1. The van der Waals surface area contributed by atoms with Gasteiger partial charge in [0.1, 0.15) is 5.75 Å². The minimum absolute atomic E-state index is 0.476. The second-order valence-corrected chi connectivity index (χ2v) is 12.3. The van der Waals surface area contributed by atoms with E-state index in [1.54, 1.807) is 7.11 Å². The Bertz CT molecular complexity index is 526. The first-order chi connectivity index (χ1) is 9.24.